The number of rotatable bonds is 2. The SMILES string of the molecule is Cc1c(Cl)c(C)c(C=Nc2ccc(F)cc2)c(O)c1Br. The molecule has 104 valence electrons. The molecule has 5 heteroatoms. The van der Waals surface area contributed by atoms with Gasteiger partial charge in [-0.05, 0) is 65.2 Å². The molecule has 0 radical (unpaired) electrons. The Labute approximate surface area is 130 Å². The van der Waals surface area contributed by atoms with E-state index in [0.717, 1.165) is 11.1 Å². The second-order valence-electron chi connectivity index (χ2n) is 4.37. The van der Waals surface area contributed by atoms with Crippen LogP contribution in [0.3, 0.4) is 0 Å². The molecule has 0 amide bonds. The van der Waals surface area contributed by atoms with Gasteiger partial charge in [0.2, 0.25) is 0 Å². The number of hydrogen-bond donors (Lipinski definition) is 1. The van der Waals surface area contributed by atoms with Gasteiger partial charge in [0.15, 0.2) is 0 Å². The molecule has 2 rings (SSSR count). The molecule has 0 saturated carbocycles. The summed E-state index contributed by atoms with van der Waals surface area (Å²) in [4.78, 5) is 4.22. The average Bonchev–Trinajstić information content (AvgIpc) is 2.45. The molecule has 0 aliphatic rings. The van der Waals surface area contributed by atoms with Crippen LogP contribution in [0.5, 0.6) is 5.75 Å². The van der Waals surface area contributed by atoms with Gasteiger partial charge in [-0.3, -0.25) is 4.99 Å². The van der Waals surface area contributed by atoms with Crippen molar-refractivity contribution in [3.05, 3.63) is 56.3 Å². The zero-order chi connectivity index (χ0) is 14.9. The van der Waals surface area contributed by atoms with Crippen molar-refractivity contribution in [2.45, 2.75) is 13.8 Å². The molecule has 0 spiro atoms. The standard InChI is InChI=1S/C15H12BrClFNO/c1-8-12(15(20)13(16)9(2)14(8)17)7-19-11-5-3-10(18)4-6-11/h3-7,20H,1-2H3. The summed E-state index contributed by atoms with van der Waals surface area (Å²) in [6, 6.07) is 5.78. The minimum atomic E-state index is -0.316. The fourth-order valence-corrected chi connectivity index (χ4v) is 2.52. The van der Waals surface area contributed by atoms with Gasteiger partial charge in [0, 0.05) is 16.8 Å². The van der Waals surface area contributed by atoms with Crippen molar-refractivity contribution >= 4 is 39.4 Å². The smallest absolute Gasteiger partial charge is 0.139 e. The summed E-state index contributed by atoms with van der Waals surface area (Å²) in [6.07, 6.45) is 1.52. The maximum absolute atomic E-state index is 12.8. The summed E-state index contributed by atoms with van der Waals surface area (Å²) in [5.74, 6) is -0.223. The van der Waals surface area contributed by atoms with Crippen molar-refractivity contribution in [3.8, 4) is 5.75 Å². The quantitative estimate of drug-likeness (QED) is 0.726. The molecule has 0 unspecified atom stereocenters. The third-order valence-electron chi connectivity index (χ3n) is 3.02. The van der Waals surface area contributed by atoms with E-state index < -0.39 is 0 Å². The molecule has 0 bridgehead atoms. The number of nitrogens with zero attached hydrogens (tertiary/aromatic N) is 1. The molecule has 2 aromatic rings. The van der Waals surface area contributed by atoms with Crippen LogP contribution in [0.1, 0.15) is 16.7 Å². The van der Waals surface area contributed by atoms with Crippen molar-refractivity contribution in [3.63, 3.8) is 0 Å². The molecule has 0 aliphatic carbocycles. The summed E-state index contributed by atoms with van der Waals surface area (Å²) >= 11 is 9.52. The minimum absolute atomic E-state index is 0.0928. The zero-order valence-corrected chi connectivity index (χ0v) is 13.3. The van der Waals surface area contributed by atoms with Crippen LogP contribution in [0.25, 0.3) is 0 Å². The molecular formula is C15H12BrClFNO. The van der Waals surface area contributed by atoms with E-state index in [0.29, 0.717) is 20.7 Å². The van der Waals surface area contributed by atoms with Gasteiger partial charge in [0.1, 0.15) is 11.6 Å². The maximum Gasteiger partial charge on any atom is 0.139 e. The number of aromatic hydroxyl groups is 1. The minimum Gasteiger partial charge on any atom is -0.506 e. The zero-order valence-electron chi connectivity index (χ0n) is 10.9. The molecule has 2 aromatic carbocycles. The van der Waals surface area contributed by atoms with Gasteiger partial charge in [-0.2, -0.15) is 0 Å². The lowest BCUT2D eigenvalue weighted by atomic mass is 10.0. The van der Waals surface area contributed by atoms with Crippen LogP contribution in [-0.2, 0) is 0 Å². The normalized spacial score (nSPS) is 11.2. The Bertz CT molecular complexity index is 654. The first-order valence-electron chi connectivity index (χ1n) is 5.88. The summed E-state index contributed by atoms with van der Waals surface area (Å²) in [5.41, 5.74) is 2.66. The highest BCUT2D eigenvalue weighted by atomic mass is 79.9. The van der Waals surface area contributed by atoms with E-state index in [4.69, 9.17) is 11.6 Å². The van der Waals surface area contributed by atoms with Gasteiger partial charge in [0.25, 0.3) is 0 Å². The van der Waals surface area contributed by atoms with E-state index in [9.17, 15) is 9.50 Å². The number of phenolic OH excluding ortho intramolecular Hbond substituents is 1. The van der Waals surface area contributed by atoms with Gasteiger partial charge in [-0.1, -0.05) is 11.6 Å². The third kappa shape index (κ3) is 2.86. The lowest BCUT2D eigenvalue weighted by molar-refractivity contribution is 0.470. The lowest BCUT2D eigenvalue weighted by Crippen LogP contribution is -1.94. The van der Waals surface area contributed by atoms with Crippen molar-refractivity contribution in [2.75, 3.05) is 0 Å². The predicted octanol–water partition coefficient (Wildman–Crippen LogP) is 5.31. The first kappa shape index (κ1) is 15.0. The first-order chi connectivity index (χ1) is 9.41. The molecule has 1 N–H and O–H groups in total. The Balaban J connectivity index is 2.46. The largest absolute Gasteiger partial charge is 0.506 e. The van der Waals surface area contributed by atoms with E-state index in [1.54, 1.807) is 12.1 Å². The molecular weight excluding hydrogens is 345 g/mol. The Morgan fingerprint density at radius 1 is 1.20 bits per heavy atom. The highest BCUT2D eigenvalue weighted by Gasteiger charge is 2.15. The number of benzene rings is 2. The van der Waals surface area contributed by atoms with Crippen LogP contribution >= 0.6 is 27.5 Å². The molecule has 0 aliphatic heterocycles. The van der Waals surface area contributed by atoms with Crippen molar-refractivity contribution < 1.29 is 9.50 Å². The van der Waals surface area contributed by atoms with Crippen LogP contribution in [0, 0.1) is 19.7 Å². The van der Waals surface area contributed by atoms with Crippen LogP contribution in [0.2, 0.25) is 5.02 Å². The van der Waals surface area contributed by atoms with Crippen molar-refractivity contribution in [1.82, 2.24) is 0 Å². The predicted molar refractivity (Wildman–Crippen MR) is 83.9 cm³/mol. The van der Waals surface area contributed by atoms with Crippen LogP contribution in [-0.4, -0.2) is 11.3 Å². The Morgan fingerprint density at radius 3 is 2.40 bits per heavy atom. The van der Waals surface area contributed by atoms with Gasteiger partial charge >= 0.3 is 0 Å². The highest BCUT2D eigenvalue weighted by Crippen LogP contribution is 2.38. The van der Waals surface area contributed by atoms with Crippen molar-refractivity contribution in [2.24, 2.45) is 4.99 Å². The van der Waals surface area contributed by atoms with E-state index >= 15 is 0 Å². The van der Waals surface area contributed by atoms with Gasteiger partial charge < -0.3 is 5.11 Å². The second kappa shape index (κ2) is 5.94. The molecule has 0 atom stereocenters. The van der Waals surface area contributed by atoms with Gasteiger partial charge in [0.05, 0.1) is 10.2 Å². The molecule has 20 heavy (non-hydrogen) atoms. The van der Waals surface area contributed by atoms with Crippen molar-refractivity contribution in [1.29, 1.82) is 0 Å². The highest BCUT2D eigenvalue weighted by molar-refractivity contribution is 9.10. The van der Waals surface area contributed by atoms with Crippen LogP contribution in [0.15, 0.2) is 33.7 Å². The number of halogens is 3. The fourth-order valence-electron chi connectivity index (χ4n) is 1.79. The Morgan fingerprint density at radius 2 is 1.80 bits per heavy atom. The Kier molecular flexibility index (Phi) is 4.45. The molecule has 2 nitrogen and oxygen atoms in total. The number of hydrogen-bond acceptors (Lipinski definition) is 2. The first-order valence-corrected chi connectivity index (χ1v) is 7.05. The summed E-state index contributed by atoms with van der Waals surface area (Å²) < 4.78 is 13.4. The lowest BCUT2D eigenvalue weighted by Gasteiger charge is -2.11. The average molecular weight is 357 g/mol. The molecule has 0 fully saturated rings. The van der Waals surface area contributed by atoms with E-state index in [2.05, 4.69) is 20.9 Å². The second-order valence-corrected chi connectivity index (χ2v) is 5.55. The maximum atomic E-state index is 12.8. The molecule has 0 saturated heterocycles. The number of aliphatic imine (C=N–C) groups is 1. The van der Waals surface area contributed by atoms with E-state index in [1.165, 1.54) is 18.3 Å². The van der Waals surface area contributed by atoms with E-state index in [-0.39, 0.29) is 11.6 Å². The van der Waals surface area contributed by atoms with Gasteiger partial charge in [-0.25, -0.2) is 4.39 Å². The summed E-state index contributed by atoms with van der Waals surface area (Å²) in [7, 11) is 0. The van der Waals surface area contributed by atoms with Crippen LogP contribution in [0.4, 0.5) is 10.1 Å². The fraction of sp³-hybridized carbons (Fsp3) is 0.133. The third-order valence-corrected chi connectivity index (χ3v) is 4.56. The Hall–Kier alpha value is -1.39. The summed E-state index contributed by atoms with van der Waals surface area (Å²) in [5, 5.41) is 10.7. The van der Waals surface area contributed by atoms with Crippen LogP contribution < -0.4 is 0 Å². The monoisotopic (exact) mass is 355 g/mol. The van der Waals surface area contributed by atoms with E-state index in [1.807, 2.05) is 13.8 Å². The molecule has 0 heterocycles. The van der Waals surface area contributed by atoms with Gasteiger partial charge in [-0.15, -0.1) is 0 Å². The molecule has 0 aromatic heterocycles. The number of phenols is 1. The summed E-state index contributed by atoms with van der Waals surface area (Å²) in [6.45, 7) is 3.63. The topological polar surface area (TPSA) is 32.6 Å².